The second-order valence-corrected chi connectivity index (χ2v) is 15.6. The average Bonchev–Trinajstić information content (AvgIpc) is 3.92. The predicted molar refractivity (Wildman–Crippen MR) is 255 cm³/mol. The van der Waals surface area contributed by atoms with Gasteiger partial charge in [0.05, 0.1) is 16.8 Å². The van der Waals surface area contributed by atoms with Gasteiger partial charge in [0.2, 0.25) is 0 Å². The number of nitrogens with zero attached hydrogens (tertiary/aromatic N) is 1. The molecular formula is C58H37NO2. The van der Waals surface area contributed by atoms with Gasteiger partial charge in [-0.1, -0.05) is 182 Å². The highest BCUT2D eigenvalue weighted by Gasteiger charge is 2.25. The summed E-state index contributed by atoms with van der Waals surface area (Å²) in [4.78, 5) is 2.40. The molecule has 0 saturated heterocycles. The monoisotopic (exact) mass is 779 g/mol. The van der Waals surface area contributed by atoms with E-state index in [0.29, 0.717) is 0 Å². The lowest BCUT2D eigenvalue weighted by Crippen LogP contribution is -2.11. The van der Waals surface area contributed by atoms with E-state index in [1.165, 1.54) is 27.5 Å². The first-order valence-electron chi connectivity index (χ1n) is 20.7. The molecule has 0 radical (unpaired) electrons. The fourth-order valence-electron chi connectivity index (χ4n) is 9.22. The van der Waals surface area contributed by atoms with Crippen LogP contribution in [0, 0.1) is 0 Å². The van der Waals surface area contributed by atoms with E-state index in [-0.39, 0.29) is 0 Å². The maximum absolute atomic E-state index is 6.98. The first kappa shape index (κ1) is 34.9. The lowest BCUT2D eigenvalue weighted by Gasteiger charge is -2.28. The Bertz CT molecular complexity index is 3570. The largest absolute Gasteiger partial charge is 0.455 e. The van der Waals surface area contributed by atoms with Gasteiger partial charge in [-0.25, -0.2) is 0 Å². The van der Waals surface area contributed by atoms with Gasteiger partial charge in [0.15, 0.2) is 0 Å². The van der Waals surface area contributed by atoms with Crippen LogP contribution in [0.4, 0.5) is 17.1 Å². The summed E-state index contributed by atoms with van der Waals surface area (Å²) in [5.41, 5.74) is 15.6. The molecule has 0 aliphatic carbocycles. The molecule has 0 amide bonds. The van der Waals surface area contributed by atoms with Crippen molar-refractivity contribution >= 4 is 71.7 Å². The summed E-state index contributed by atoms with van der Waals surface area (Å²) >= 11 is 0. The molecule has 61 heavy (non-hydrogen) atoms. The summed E-state index contributed by atoms with van der Waals surface area (Å²) in [6.07, 6.45) is 0. The van der Waals surface area contributed by atoms with Gasteiger partial charge in [-0.3, -0.25) is 0 Å². The third-order valence-electron chi connectivity index (χ3n) is 12.1. The zero-order valence-corrected chi connectivity index (χ0v) is 33.1. The maximum atomic E-state index is 6.98. The molecule has 0 aliphatic rings. The van der Waals surface area contributed by atoms with E-state index in [1.54, 1.807) is 0 Å². The minimum atomic E-state index is 0.836. The summed E-state index contributed by atoms with van der Waals surface area (Å²) in [5.74, 6) is 0. The topological polar surface area (TPSA) is 29.5 Å². The van der Waals surface area contributed by atoms with Crippen LogP contribution in [0.2, 0.25) is 0 Å². The summed E-state index contributed by atoms with van der Waals surface area (Å²) in [6.45, 7) is 0. The molecule has 2 aromatic heterocycles. The lowest BCUT2D eigenvalue weighted by atomic mass is 9.92. The zero-order valence-electron chi connectivity index (χ0n) is 33.1. The summed E-state index contributed by atoms with van der Waals surface area (Å²) in [5, 5.41) is 6.68. The van der Waals surface area contributed by atoms with Gasteiger partial charge >= 0.3 is 0 Å². The number of para-hydroxylation sites is 3. The van der Waals surface area contributed by atoms with E-state index in [4.69, 9.17) is 8.83 Å². The molecule has 0 spiro atoms. The van der Waals surface area contributed by atoms with E-state index < -0.39 is 0 Å². The highest BCUT2D eigenvalue weighted by atomic mass is 16.3. The van der Waals surface area contributed by atoms with Crippen LogP contribution in [0.1, 0.15) is 0 Å². The van der Waals surface area contributed by atoms with Crippen molar-refractivity contribution in [3.8, 4) is 44.5 Å². The molecule has 2 heterocycles. The van der Waals surface area contributed by atoms with Crippen LogP contribution in [-0.4, -0.2) is 0 Å². The van der Waals surface area contributed by atoms with Gasteiger partial charge in [0.25, 0.3) is 0 Å². The van der Waals surface area contributed by atoms with Gasteiger partial charge in [-0.05, 0) is 81.2 Å². The van der Waals surface area contributed by atoms with E-state index in [2.05, 4.69) is 211 Å². The van der Waals surface area contributed by atoms with Gasteiger partial charge < -0.3 is 13.7 Å². The minimum Gasteiger partial charge on any atom is -0.455 e. The van der Waals surface area contributed by atoms with Crippen molar-refractivity contribution < 1.29 is 8.83 Å². The van der Waals surface area contributed by atoms with E-state index in [1.807, 2.05) is 18.2 Å². The standard InChI is InChI=1S/C58H37NO2/c1-2-14-38(15-3-1)39-28-30-40(31-29-39)41-32-34-43(35-33-41)59(52-25-12-17-42-16-4-5-18-44(42)52)53-37-36-50(58-56(53)51-22-9-11-27-55(51)61-58)46-20-7-6-19-45(46)48-23-13-24-49-47-21-8-10-26-54(47)60-57(48)49/h1-37H. The number of anilines is 3. The summed E-state index contributed by atoms with van der Waals surface area (Å²) in [6, 6.07) is 79.8. The Morgan fingerprint density at radius 1 is 0.279 bits per heavy atom. The highest BCUT2D eigenvalue weighted by Crippen LogP contribution is 2.49. The van der Waals surface area contributed by atoms with Gasteiger partial charge in [0, 0.05) is 38.4 Å². The SMILES string of the molecule is c1ccc(-c2ccc(-c3ccc(N(c4cccc5ccccc45)c4ccc(-c5ccccc5-c5cccc6c5oc5ccccc56)c5oc6ccccc6c45)cc3)cc2)cc1. The average molecular weight is 780 g/mol. The van der Waals surface area contributed by atoms with Gasteiger partial charge in [0.1, 0.15) is 22.3 Å². The summed E-state index contributed by atoms with van der Waals surface area (Å²) in [7, 11) is 0. The Morgan fingerprint density at radius 2 is 0.770 bits per heavy atom. The van der Waals surface area contributed by atoms with Crippen molar-refractivity contribution in [3.05, 3.63) is 224 Å². The first-order chi connectivity index (χ1) is 30.3. The Labute approximate surface area is 353 Å². The lowest BCUT2D eigenvalue weighted by molar-refractivity contribution is 0.669. The Balaban J connectivity index is 1.05. The number of benzene rings is 10. The van der Waals surface area contributed by atoms with Crippen LogP contribution in [0.15, 0.2) is 233 Å². The molecule has 0 aliphatic heterocycles. The van der Waals surface area contributed by atoms with Crippen molar-refractivity contribution in [1.29, 1.82) is 0 Å². The fourth-order valence-corrected chi connectivity index (χ4v) is 9.22. The number of fused-ring (bicyclic) bond motifs is 7. The van der Waals surface area contributed by atoms with Crippen LogP contribution < -0.4 is 4.90 Å². The molecule has 12 rings (SSSR count). The molecule has 0 fully saturated rings. The predicted octanol–water partition coefficient (Wildman–Crippen LogP) is 16.8. The smallest absolute Gasteiger partial charge is 0.145 e. The number of furan rings is 2. The van der Waals surface area contributed by atoms with Crippen molar-refractivity contribution in [2.45, 2.75) is 0 Å². The molecule has 3 heteroatoms. The molecule has 286 valence electrons. The molecule has 0 bridgehead atoms. The van der Waals surface area contributed by atoms with Crippen molar-refractivity contribution in [2.24, 2.45) is 0 Å². The molecule has 10 aromatic carbocycles. The van der Waals surface area contributed by atoms with Crippen molar-refractivity contribution in [3.63, 3.8) is 0 Å². The van der Waals surface area contributed by atoms with E-state index in [9.17, 15) is 0 Å². The molecule has 0 saturated carbocycles. The highest BCUT2D eigenvalue weighted by molar-refractivity contribution is 6.19. The van der Waals surface area contributed by atoms with E-state index >= 15 is 0 Å². The van der Waals surface area contributed by atoms with E-state index in [0.717, 1.165) is 88.8 Å². The number of rotatable bonds is 7. The van der Waals surface area contributed by atoms with Crippen LogP contribution >= 0.6 is 0 Å². The molecular weight excluding hydrogens is 743 g/mol. The normalized spacial score (nSPS) is 11.6. The molecule has 0 atom stereocenters. The summed E-state index contributed by atoms with van der Waals surface area (Å²) < 4.78 is 13.6. The Hall–Kier alpha value is -8.14. The van der Waals surface area contributed by atoms with Crippen LogP contribution in [-0.2, 0) is 0 Å². The Morgan fingerprint density at radius 3 is 1.51 bits per heavy atom. The van der Waals surface area contributed by atoms with Gasteiger partial charge in [-0.2, -0.15) is 0 Å². The molecule has 0 unspecified atom stereocenters. The third kappa shape index (κ3) is 5.82. The van der Waals surface area contributed by atoms with Crippen LogP contribution in [0.25, 0.3) is 99.2 Å². The molecule has 0 N–H and O–H groups in total. The number of hydrogen-bond acceptors (Lipinski definition) is 3. The van der Waals surface area contributed by atoms with Crippen molar-refractivity contribution in [1.82, 2.24) is 0 Å². The minimum absolute atomic E-state index is 0.836. The maximum Gasteiger partial charge on any atom is 0.145 e. The molecule has 3 nitrogen and oxygen atoms in total. The zero-order chi connectivity index (χ0) is 40.3. The van der Waals surface area contributed by atoms with Crippen LogP contribution in [0.3, 0.4) is 0 Å². The quantitative estimate of drug-likeness (QED) is 0.161. The van der Waals surface area contributed by atoms with Gasteiger partial charge in [-0.15, -0.1) is 0 Å². The van der Waals surface area contributed by atoms with Crippen LogP contribution in [0.5, 0.6) is 0 Å². The number of hydrogen-bond donors (Lipinski definition) is 0. The first-order valence-corrected chi connectivity index (χ1v) is 20.7. The second kappa shape index (κ2) is 14.3. The Kier molecular flexibility index (Phi) is 8.17. The second-order valence-electron chi connectivity index (χ2n) is 15.6. The fraction of sp³-hybridized carbons (Fsp3) is 0. The molecule has 12 aromatic rings. The van der Waals surface area contributed by atoms with Crippen molar-refractivity contribution in [2.75, 3.05) is 4.90 Å². The third-order valence-corrected chi connectivity index (χ3v) is 12.1.